The molecule has 2 aliphatic heterocycles. The first kappa shape index (κ1) is 14.5. The monoisotopic (exact) mass is 305 g/mol. The minimum absolute atomic E-state index is 0.138. The number of hydrogen-bond donors (Lipinski definition) is 3. The van der Waals surface area contributed by atoms with Crippen molar-refractivity contribution in [2.45, 2.75) is 25.4 Å². The van der Waals surface area contributed by atoms with Crippen LogP contribution in [-0.4, -0.2) is 37.7 Å². The van der Waals surface area contributed by atoms with Gasteiger partial charge in [0.05, 0.1) is 6.04 Å². The van der Waals surface area contributed by atoms with Crippen molar-refractivity contribution in [3.63, 3.8) is 0 Å². The Morgan fingerprint density at radius 1 is 1.36 bits per heavy atom. The highest BCUT2D eigenvalue weighted by molar-refractivity contribution is 5.90. The molecule has 2 heterocycles. The van der Waals surface area contributed by atoms with E-state index in [2.05, 4.69) is 16.0 Å². The molecule has 22 heavy (non-hydrogen) atoms. The lowest BCUT2D eigenvalue weighted by Crippen LogP contribution is -2.44. The zero-order valence-corrected chi connectivity index (χ0v) is 12.3. The van der Waals surface area contributed by atoms with Crippen LogP contribution in [-0.2, 0) is 4.79 Å². The van der Waals surface area contributed by atoms with Gasteiger partial charge >= 0.3 is 6.03 Å². The van der Waals surface area contributed by atoms with E-state index in [9.17, 15) is 9.59 Å². The molecule has 0 spiro atoms. The van der Waals surface area contributed by atoms with Gasteiger partial charge in [-0.05, 0) is 24.1 Å². The van der Waals surface area contributed by atoms with Gasteiger partial charge in [0.15, 0.2) is 11.5 Å². The molecule has 2 aliphatic rings. The number of nitrogens with one attached hydrogen (secondary N) is 3. The summed E-state index contributed by atoms with van der Waals surface area (Å²) in [4.78, 5) is 23.3. The Kier molecular flexibility index (Phi) is 4.04. The number of urea groups is 1. The van der Waals surface area contributed by atoms with E-state index in [1.165, 1.54) is 0 Å². The van der Waals surface area contributed by atoms with Crippen LogP contribution in [0.3, 0.4) is 0 Å². The second kappa shape index (κ2) is 6.13. The number of rotatable bonds is 4. The van der Waals surface area contributed by atoms with Crippen molar-refractivity contribution in [3.05, 3.63) is 23.8 Å². The van der Waals surface area contributed by atoms with Crippen molar-refractivity contribution < 1.29 is 19.1 Å². The zero-order chi connectivity index (χ0) is 15.5. The molecule has 118 valence electrons. The van der Waals surface area contributed by atoms with Gasteiger partial charge in [-0.15, -0.1) is 0 Å². The van der Waals surface area contributed by atoms with Gasteiger partial charge in [0.25, 0.3) is 0 Å². The summed E-state index contributed by atoms with van der Waals surface area (Å²) >= 11 is 0. The third-order valence-electron chi connectivity index (χ3n) is 3.78. The van der Waals surface area contributed by atoms with E-state index in [-0.39, 0.29) is 18.0 Å². The van der Waals surface area contributed by atoms with Crippen molar-refractivity contribution in [1.29, 1.82) is 0 Å². The van der Waals surface area contributed by atoms with Crippen molar-refractivity contribution in [3.8, 4) is 11.5 Å². The third kappa shape index (κ3) is 2.93. The summed E-state index contributed by atoms with van der Waals surface area (Å²) < 4.78 is 11.1. The molecule has 0 aliphatic carbocycles. The predicted octanol–water partition coefficient (Wildman–Crippen LogP) is 0.706. The molecule has 7 nitrogen and oxygen atoms in total. The molecule has 0 saturated carbocycles. The Morgan fingerprint density at radius 3 is 2.82 bits per heavy atom. The Morgan fingerprint density at radius 2 is 2.14 bits per heavy atom. The normalized spacial score (nSPS) is 20.8. The van der Waals surface area contributed by atoms with E-state index < -0.39 is 6.04 Å². The lowest BCUT2D eigenvalue weighted by atomic mass is 10.0. The van der Waals surface area contributed by atoms with Crippen LogP contribution in [0.2, 0.25) is 0 Å². The van der Waals surface area contributed by atoms with Gasteiger partial charge in [-0.25, -0.2) is 4.79 Å². The summed E-state index contributed by atoms with van der Waals surface area (Å²) in [6, 6.07) is 4.70. The highest BCUT2D eigenvalue weighted by atomic mass is 16.6. The first-order valence-electron chi connectivity index (χ1n) is 7.41. The van der Waals surface area contributed by atoms with E-state index in [0.29, 0.717) is 25.5 Å². The molecular formula is C15H19N3O4. The van der Waals surface area contributed by atoms with Crippen LogP contribution in [0.1, 0.15) is 24.9 Å². The fraction of sp³-hybridized carbons (Fsp3) is 0.467. The zero-order valence-electron chi connectivity index (χ0n) is 12.3. The molecule has 0 bridgehead atoms. The quantitative estimate of drug-likeness (QED) is 0.764. The van der Waals surface area contributed by atoms with Gasteiger partial charge < -0.3 is 25.4 Å². The first-order valence-corrected chi connectivity index (χ1v) is 7.41. The summed E-state index contributed by atoms with van der Waals surface area (Å²) in [5, 5.41) is 8.11. The van der Waals surface area contributed by atoms with Crippen LogP contribution < -0.4 is 25.4 Å². The second-order valence-corrected chi connectivity index (χ2v) is 5.28. The molecular weight excluding hydrogens is 286 g/mol. The number of amides is 3. The number of carbonyl (C=O) groups excluding carboxylic acids is 2. The topological polar surface area (TPSA) is 88.7 Å². The lowest BCUT2D eigenvalue weighted by Gasteiger charge is -2.23. The molecule has 3 amide bonds. The Labute approximate surface area is 128 Å². The standard InChI is InChI=1S/C15H19N3O4/c1-2-10(17-14(19)11-8-16-15(20)18-11)9-3-4-12-13(7-9)22-6-5-21-12/h3-4,7,10-11H,2,5-6,8H2,1H3,(H,17,19)(H2,16,18,20)/t10-,11+/m0/s1. The SMILES string of the molecule is CC[C@H](NC(=O)[C@H]1CNC(=O)N1)c1ccc2c(c1)OCCO2. The summed E-state index contributed by atoms with van der Waals surface area (Å²) in [5.41, 5.74) is 0.956. The highest BCUT2D eigenvalue weighted by Gasteiger charge is 2.28. The number of fused-ring (bicyclic) bond motifs is 1. The van der Waals surface area contributed by atoms with Gasteiger partial charge in [0.2, 0.25) is 5.91 Å². The smallest absolute Gasteiger partial charge is 0.315 e. The molecule has 2 atom stereocenters. The maximum Gasteiger partial charge on any atom is 0.315 e. The predicted molar refractivity (Wildman–Crippen MR) is 78.9 cm³/mol. The summed E-state index contributed by atoms with van der Waals surface area (Å²) in [6.07, 6.45) is 0.736. The van der Waals surface area contributed by atoms with Crippen LogP contribution in [0, 0.1) is 0 Å². The molecule has 1 aromatic rings. The van der Waals surface area contributed by atoms with Crippen LogP contribution >= 0.6 is 0 Å². The third-order valence-corrected chi connectivity index (χ3v) is 3.78. The number of benzene rings is 1. The highest BCUT2D eigenvalue weighted by Crippen LogP contribution is 2.33. The second-order valence-electron chi connectivity index (χ2n) is 5.28. The van der Waals surface area contributed by atoms with Gasteiger partial charge in [-0.2, -0.15) is 0 Å². The van der Waals surface area contributed by atoms with E-state index in [1.807, 2.05) is 25.1 Å². The maximum absolute atomic E-state index is 12.2. The molecule has 3 rings (SSSR count). The largest absolute Gasteiger partial charge is 0.486 e. The summed E-state index contributed by atoms with van der Waals surface area (Å²) in [5.74, 6) is 1.23. The fourth-order valence-corrected chi connectivity index (χ4v) is 2.58. The van der Waals surface area contributed by atoms with Crippen LogP contribution in [0.25, 0.3) is 0 Å². The molecule has 1 aromatic carbocycles. The minimum Gasteiger partial charge on any atom is -0.486 e. The minimum atomic E-state index is -0.529. The first-order chi connectivity index (χ1) is 10.7. The summed E-state index contributed by atoms with van der Waals surface area (Å²) in [7, 11) is 0. The number of ether oxygens (including phenoxy) is 2. The Hall–Kier alpha value is -2.44. The summed E-state index contributed by atoms with van der Waals surface area (Å²) in [6.45, 7) is 3.38. The average Bonchev–Trinajstić information content (AvgIpc) is 2.98. The Balaban J connectivity index is 1.71. The molecule has 0 radical (unpaired) electrons. The average molecular weight is 305 g/mol. The molecule has 0 aromatic heterocycles. The van der Waals surface area contributed by atoms with Crippen molar-refractivity contribution in [2.75, 3.05) is 19.8 Å². The van der Waals surface area contributed by atoms with Crippen molar-refractivity contribution in [1.82, 2.24) is 16.0 Å². The number of carbonyl (C=O) groups is 2. The van der Waals surface area contributed by atoms with E-state index in [4.69, 9.17) is 9.47 Å². The van der Waals surface area contributed by atoms with E-state index in [0.717, 1.165) is 17.7 Å². The molecule has 0 unspecified atom stereocenters. The molecule has 1 saturated heterocycles. The van der Waals surface area contributed by atoms with Gasteiger partial charge in [0, 0.05) is 6.54 Å². The van der Waals surface area contributed by atoms with Gasteiger partial charge in [-0.3, -0.25) is 4.79 Å². The van der Waals surface area contributed by atoms with E-state index in [1.54, 1.807) is 0 Å². The number of hydrogen-bond acceptors (Lipinski definition) is 4. The van der Waals surface area contributed by atoms with Crippen LogP contribution in [0.15, 0.2) is 18.2 Å². The van der Waals surface area contributed by atoms with Crippen molar-refractivity contribution >= 4 is 11.9 Å². The van der Waals surface area contributed by atoms with Gasteiger partial charge in [-0.1, -0.05) is 13.0 Å². The van der Waals surface area contributed by atoms with Gasteiger partial charge in [0.1, 0.15) is 19.3 Å². The molecule has 7 heteroatoms. The fourth-order valence-electron chi connectivity index (χ4n) is 2.58. The molecule has 3 N–H and O–H groups in total. The maximum atomic E-state index is 12.2. The van der Waals surface area contributed by atoms with Crippen LogP contribution in [0.5, 0.6) is 11.5 Å². The molecule has 1 fully saturated rings. The van der Waals surface area contributed by atoms with Crippen LogP contribution in [0.4, 0.5) is 4.79 Å². The van der Waals surface area contributed by atoms with E-state index >= 15 is 0 Å². The lowest BCUT2D eigenvalue weighted by molar-refractivity contribution is -0.123. The van der Waals surface area contributed by atoms with Crippen molar-refractivity contribution in [2.24, 2.45) is 0 Å². The Bertz CT molecular complexity index is 590.